The summed E-state index contributed by atoms with van der Waals surface area (Å²) in [6, 6.07) is 14.4. The number of rotatable bonds is 10. The number of esters is 1. The van der Waals surface area contributed by atoms with Crippen LogP contribution in [-0.4, -0.2) is 55.3 Å². The van der Waals surface area contributed by atoms with Crippen molar-refractivity contribution >= 4 is 28.2 Å². The number of ether oxygens (including phenoxy) is 2. The number of anilines is 2. The number of para-hydroxylation sites is 1. The van der Waals surface area contributed by atoms with Crippen molar-refractivity contribution in [1.29, 1.82) is 0 Å². The second-order valence-corrected chi connectivity index (χ2v) is 8.52. The average molecular weight is 466 g/mol. The second-order valence-electron chi connectivity index (χ2n) is 8.52. The van der Waals surface area contributed by atoms with E-state index in [4.69, 9.17) is 9.47 Å². The second kappa shape index (κ2) is 12.4. The van der Waals surface area contributed by atoms with Crippen LogP contribution in [0.25, 0.3) is 10.9 Å². The highest BCUT2D eigenvalue weighted by Gasteiger charge is 2.14. The van der Waals surface area contributed by atoms with Gasteiger partial charge >= 0.3 is 5.97 Å². The maximum atomic E-state index is 13.0. The number of benzene rings is 2. The minimum atomic E-state index is -0.536. The first-order valence-corrected chi connectivity index (χ1v) is 12.0. The van der Waals surface area contributed by atoms with Crippen LogP contribution in [-0.2, 0) is 16.1 Å². The van der Waals surface area contributed by atoms with Crippen molar-refractivity contribution in [3.63, 3.8) is 0 Å². The monoisotopic (exact) mass is 465 g/mol. The SMILES string of the molecule is O=C(OCCOCCN1CCCCCC1)c1ccccc1Nc1ccnc2cc(CF)ccc12. The molecular formula is C27H32FN3O3. The molecule has 1 N–H and O–H groups in total. The molecule has 0 amide bonds. The van der Waals surface area contributed by atoms with Crippen LogP contribution in [0.3, 0.4) is 0 Å². The van der Waals surface area contributed by atoms with Crippen LogP contribution >= 0.6 is 0 Å². The molecule has 1 fully saturated rings. The molecule has 1 aliphatic heterocycles. The van der Waals surface area contributed by atoms with Gasteiger partial charge in [0.1, 0.15) is 13.3 Å². The number of hydrogen-bond acceptors (Lipinski definition) is 6. The van der Waals surface area contributed by atoms with Crippen LogP contribution in [0, 0.1) is 0 Å². The minimum absolute atomic E-state index is 0.206. The van der Waals surface area contributed by atoms with E-state index < -0.39 is 12.6 Å². The van der Waals surface area contributed by atoms with Crippen molar-refractivity contribution in [2.75, 3.05) is 44.8 Å². The van der Waals surface area contributed by atoms with Gasteiger partial charge in [0.2, 0.25) is 0 Å². The Morgan fingerprint density at radius 2 is 1.79 bits per heavy atom. The van der Waals surface area contributed by atoms with Gasteiger partial charge in [0, 0.05) is 23.8 Å². The van der Waals surface area contributed by atoms with Crippen molar-refractivity contribution in [1.82, 2.24) is 9.88 Å². The normalized spacial score (nSPS) is 14.6. The molecule has 0 spiro atoms. The summed E-state index contributed by atoms with van der Waals surface area (Å²) < 4.78 is 24.2. The van der Waals surface area contributed by atoms with Crippen LogP contribution in [0.1, 0.15) is 41.6 Å². The van der Waals surface area contributed by atoms with Gasteiger partial charge < -0.3 is 19.7 Å². The fourth-order valence-electron chi connectivity index (χ4n) is 4.23. The van der Waals surface area contributed by atoms with E-state index in [0.717, 1.165) is 30.7 Å². The first-order chi connectivity index (χ1) is 16.7. The molecule has 2 aromatic carbocycles. The van der Waals surface area contributed by atoms with Crippen LogP contribution in [0.5, 0.6) is 0 Å². The zero-order valence-electron chi connectivity index (χ0n) is 19.5. The van der Waals surface area contributed by atoms with Crippen LogP contribution in [0.2, 0.25) is 0 Å². The Labute approximate surface area is 200 Å². The van der Waals surface area contributed by atoms with E-state index in [1.54, 1.807) is 30.5 Å². The first-order valence-electron chi connectivity index (χ1n) is 12.0. The Morgan fingerprint density at radius 1 is 0.971 bits per heavy atom. The Balaban J connectivity index is 1.31. The number of carbonyl (C=O) groups excluding carboxylic acids is 1. The van der Waals surface area contributed by atoms with Crippen LogP contribution < -0.4 is 5.32 Å². The lowest BCUT2D eigenvalue weighted by atomic mass is 10.1. The number of alkyl halides is 1. The molecule has 1 aliphatic rings. The Hall–Kier alpha value is -3.03. The third kappa shape index (κ3) is 6.52. The van der Waals surface area contributed by atoms with E-state index >= 15 is 0 Å². The molecule has 0 atom stereocenters. The molecule has 0 unspecified atom stereocenters. The number of nitrogens with zero attached hydrogens (tertiary/aromatic N) is 2. The van der Waals surface area contributed by atoms with Gasteiger partial charge in [-0.1, -0.05) is 37.1 Å². The topological polar surface area (TPSA) is 63.7 Å². The molecule has 6 nitrogen and oxygen atoms in total. The highest BCUT2D eigenvalue weighted by molar-refractivity contribution is 5.99. The number of hydrogen-bond donors (Lipinski definition) is 1. The standard InChI is InChI=1S/C27H32FN3O3/c28-20-21-9-10-22-25(11-12-29-26(22)19-21)30-24-8-4-3-7-23(24)27(32)34-18-17-33-16-15-31-13-5-1-2-6-14-31/h3-4,7-12,19H,1-2,5-6,13-18,20H2,(H,29,30). The lowest BCUT2D eigenvalue weighted by molar-refractivity contribution is 0.0285. The van der Waals surface area contributed by atoms with Gasteiger partial charge in [-0.3, -0.25) is 4.98 Å². The number of fused-ring (bicyclic) bond motifs is 1. The summed E-state index contributed by atoms with van der Waals surface area (Å²) in [7, 11) is 0. The molecule has 2 heterocycles. The third-order valence-corrected chi connectivity index (χ3v) is 6.09. The van der Waals surface area contributed by atoms with Crippen LogP contribution in [0.15, 0.2) is 54.7 Å². The lowest BCUT2D eigenvalue weighted by Gasteiger charge is -2.19. The van der Waals surface area contributed by atoms with E-state index in [0.29, 0.717) is 35.5 Å². The van der Waals surface area contributed by atoms with Crippen molar-refractivity contribution in [3.05, 3.63) is 65.9 Å². The Morgan fingerprint density at radius 3 is 2.62 bits per heavy atom. The summed E-state index contributed by atoms with van der Waals surface area (Å²) in [5, 5.41) is 4.16. The number of halogens is 1. The van der Waals surface area contributed by atoms with Crippen molar-refractivity contribution < 1.29 is 18.7 Å². The molecule has 3 aromatic rings. The summed E-state index contributed by atoms with van der Waals surface area (Å²) in [4.78, 5) is 19.5. The molecule has 4 rings (SSSR count). The van der Waals surface area contributed by atoms with Crippen molar-refractivity contribution in [2.45, 2.75) is 32.4 Å². The minimum Gasteiger partial charge on any atom is -0.460 e. The van der Waals surface area contributed by atoms with Gasteiger partial charge in [0.25, 0.3) is 0 Å². The quantitative estimate of drug-likeness (QED) is 0.315. The number of pyridine rings is 1. The van der Waals surface area contributed by atoms with E-state index in [2.05, 4.69) is 15.2 Å². The summed E-state index contributed by atoms with van der Waals surface area (Å²) in [5.74, 6) is -0.405. The van der Waals surface area contributed by atoms with E-state index in [9.17, 15) is 9.18 Å². The van der Waals surface area contributed by atoms with E-state index in [1.807, 2.05) is 24.3 Å². The smallest absolute Gasteiger partial charge is 0.340 e. The zero-order valence-corrected chi connectivity index (χ0v) is 19.5. The molecular weight excluding hydrogens is 433 g/mol. The molecule has 0 radical (unpaired) electrons. The predicted molar refractivity (Wildman–Crippen MR) is 132 cm³/mol. The highest BCUT2D eigenvalue weighted by Crippen LogP contribution is 2.28. The predicted octanol–water partition coefficient (Wildman–Crippen LogP) is 5.50. The van der Waals surface area contributed by atoms with Gasteiger partial charge in [-0.25, -0.2) is 9.18 Å². The van der Waals surface area contributed by atoms with E-state index in [1.165, 1.54) is 25.7 Å². The number of carbonyl (C=O) groups is 1. The summed E-state index contributed by atoms with van der Waals surface area (Å²) in [6.45, 7) is 3.91. The van der Waals surface area contributed by atoms with Crippen LogP contribution in [0.4, 0.5) is 15.8 Å². The zero-order chi connectivity index (χ0) is 23.6. The molecule has 0 saturated carbocycles. The van der Waals surface area contributed by atoms with Gasteiger partial charge in [-0.2, -0.15) is 0 Å². The molecule has 1 saturated heterocycles. The number of aromatic nitrogens is 1. The van der Waals surface area contributed by atoms with Gasteiger partial charge in [-0.15, -0.1) is 0 Å². The fraction of sp³-hybridized carbons (Fsp3) is 0.407. The molecule has 0 aliphatic carbocycles. The maximum Gasteiger partial charge on any atom is 0.340 e. The van der Waals surface area contributed by atoms with Gasteiger partial charge in [-0.05, 0) is 55.8 Å². The maximum absolute atomic E-state index is 13.0. The Bertz CT molecular complexity index is 1080. The van der Waals surface area contributed by atoms with E-state index in [-0.39, 0.29) is 6.61 Å². The molecule has 180 valence electrons. The van der Waals surface area contributed by atoms with Gasteiger partial charge in [0.05, 0.1) is 30.0 Å². The summed E-state index contributed by atoms with van der Waals surface area (Å²) in [5.41, 5.74) is 3.13. The molecule has 0 bridgehead atoms. The summed E-state index contributed by atoms with van der Waals surface area (Å²) in [6.07, 6.45) is 6.83. The lowest BCUT2D eigenvalue weighted by Crippen LogP contribution is -2.29. The summed E-state index contributed by atoms with van der Waals surface area (Å²) >= 11 is 0. The molecule has 34 heavy (non-hydrogen) atoms. The number of likely N-dealkylation sites (tertiary alicyclic amines) is 1. The average Bonchev–Trinajstić information content (AvgIpc) is 3.15. The highest BCUT2D eigenvalue weighted by atomic mass is 19.1. The Kier molecular flexibility index (Phi) is 8.82. The first kappa shape index (κ1) is 24.1. The number of nitrogens with one attached hydrogen (secondary N) is 1. The third-order valence-electron chi connectivity index (χ3n) is 6.09. The molecule has 7 heteroatoms. The van der Waals surface area contributed by atoms with Crippen molar-refractivity contribution in [2.24, 2.45) is 0 Å². The largest absolute Gasteiger partial charge is 0.460 e. The van der Waals surface area contributed by atoms with Crippen molar-refractivity contribution in [3.8, 4) is 0 Å². The fourth-order valence-corrected chi connectivity index (χ4v) is 4.23. The van der Waals surface area contributed by atoms with Gasteiger partial charge in [0.15, 0.2) is 0 Å². The molecule has 1 aromatic heterocycles.